The number of rotatable bonds is 2. The van der Waals surface area contributed by atoms with E-state index in [1.165, 1.54) is 58.2 Å². The van der Waals surface area contributed by atoms with Crippen LogP contribution in [0.25, 0.3) is 0 Å². The molecular weight excluding hydrogens is 160 g/mol. The summed E-state index contributed by atoms with van der Waals surface area (Å²) < 4.78 is 0. The van der Waals surface area contributed by atoms with E-state index in [-0.39, 0.29) is 0 Å². The Morgan fingerprint density at radius 3 is 2.38 bits per heavy atom. The number of hydrogen-bond donors (Lipinski definition) is 1. The molecule has 0 aromatic heterocycles. The third kappa shape index (κ3) is 1.40. The molecule has 0 atom stereocenters. The van der Waals surface area contributed by atoms with Gasteiger partial charge < -0.3 is 10.2 Å². The average Bonchev–Trinajstić information content (AvgIpc) is 2.79. The molecular formula is C11H20N2. The zero-order valence-electron chi connectivity index (χ0n) is 8.39. The number of fused-ring (bicyclic) bond motifs is 2. The fourth-order valence-corrected chi connectivity index (χ4v) is 3.46. The lowest BCUT2D eigenvalue weighted by Gasteiger charge is -2.31. The minimum absolute atomic E-state index is 0.551. The van der Waals surface area contributed by atoms with Crippen molar-refractivity contribution in [3.8, 4) is 0 Å². The molecule has 3 saturated heterocycles. The van der Waals surface area contributed by atoms with Crippen molar-refractivity contribution in [3.05, 3.63) is 0 Å². The number of nitrogens with zero attached hydrogens (tertiary/aromatic N) is 1. The monoisotopic (exact) mass is 180 g/mol. The van der Waals surface area contributed by atoms with Crippen molar-refractivity contribution >= 4 is 0 Å². The first-order valence-electron chi connectivity index (χ1n) is 5.86. The molecule has 0 amide bonds. The van der Waals surface area contributed by atoms with E-state index in [0.717, 1.165) is 6.04 Å². The second-order valence-electron chi connectivity index (χ2n) is 5.18. The molecule has 2 heteroatoms. The highest BCUT2D eigenvalue weighted by molar-refractivity contribution is 5.06. The van der Waals surface area contributed by atoms with Crippen molar-refractivity contribution in [2.45, 2.75) is 50.1 Å². The quantitative estimate of drug-likeness (QED) is 0.690. The predicted molar refractivity (Wildman–Crippen MR) is 53.8 cm³/mol. The average molecular weight is 180 g/mol. The lowest BCUT2D eigenvalue weighted by Crippen LogP contribution is -2.46. The largest absolute Gasteiger partial charge is 0.307 e. The third-order valence-electron chi connectivity index (χ3n) is 4.18. The van der Waals surface area contributed by atoms with E-state index in [4.69, 9.17) is 0 Å². The molecule has 3 rings (SSSR count). The van der Waals surface area contributed by atoms with E-state index < -0.39 is 0 Å². The van der Waals surface area contributed by atoms with Crippen LogP contribution >= 0.6 is 0 Å². The molecule has 0 spiro atoms. The molecule has 0 aromatic rings. The zero-order valence-corrected chi connectivity index (χ0v) is 8.39. The number of likely N-dealkylation sites (tertiary alicyclic amines) is 1. The molecule has 2 nitrogen and oxygen atoms in total. The molecule has 2 bridgehead atoms. The van der Waals surface area contributed by atoms with Gasteiger partial charge in [0.25, 0.3) is 0 Å². The van der Waals surface area contributed by atoms with Gasteiger partial charge >= 0.3 is 0 Å². The van der Waals surface area contributed by atoms with Gasteiger partial charge in [0.05, 0.1) is 0 Å². The zero-order chi connectivity index (χ0) is 8.73. The predicted octanol–water partition coefficient (Wildman–Crippen LogP) is 1.37. The van der Waals surface area contributed by atoms with Crippen molar-refractivity contribution < 1.29 is 0 Å². The van der Waals surface area contributed by atoms with Crippen LogP contribution in [0.2, 0.25) is 0 Å². The molecule has 0 unspecified atom stereocenters. The molecule has 3 heterocycles. The van der Waals surface area contributed by atoms with Crippen LogP contribution < -0.4 is 5.32 Å². The lowest BCUT2D eigenvalue weighted by atomic mass is 9.87. The molecule has 0 aromatic carbocycles. The molecule has 0 radical (unpaired) electrons. The van der Waals surface area contributed by atoms with E-state index in [0.29, 0.717) is 5.54 Å². The molecule has 3 fully saturated rings. The smallest absolute Gasteiger partial charge is 0.0312 e. The summed E-state index contributed by atoms with van der Waals surface area (Å²) in [6.45, 7) is 4.05. The van der Waals surface area contributed by atoms with Crippen LogP contribution in [-0.2, 0) is 0 Å². The van der Waals surface area contributed by atoms with Crippen molar-refractivity contribution in [2.75, 3.05) is 19.6 Å². The summed E-state index contributed by atoms with van der Waals surface area (Å²) in [6.07, 6.45) is 8.61. The Kier molecular flexibility index (Phi) is 1.88. The first kappa shape index (κ1) is 8.25. The SMILES string of the molecule is C1CCN(CC23CCC(CC2)N3)C1. The van der Waals surface area contributed by atoms with Crippen molar-refractivity contribution in [1.29, 1.82) is 0 Å². The van der Waals surface area contributed by atoms with Crippen molar-refractivity contribution in [1.82, 2.24) is 10.2 Å². The third-order valence-corrected chi connectivity index (χ3v) is 4.18. The van der Waals surface area contributed by atoms with Gasteiger partial charge in [-0.25, -0.2) is 0 Å². The summed E-state index contributed by atoms with van der Waals surface area (Å²) >= 11 is 0. The maximum atomic E-state index is 3.83. The van der Waals surface area contributed by atoms with Crippen LogP contribution in [0.15, 0.2) is 0 Å². The van der Waals surface area contributed by atoms with Gasteiger partial charge in [-0.15, -0.1) is 0 Å². The Morgan fingerprint density at radius 2 is 1.85 bits per heavy atom. The Hall–Kier alpha value is -0.0800. The summed E-state index contributed by atoms with van der Waals surface area (Å²) in [7, 11) is 0. The van der Waals surface area contributed by atoms with Gasteiger partial charge in [-0.1, -0.05) is 0 Å². The van der Waals surface area contributed by atoms with Crippen molar-refractivity contribution in [2.24, 2.45) is 0 Å². The van der Waals surface area contributed by atoms with Crippen LogP contribution in [0, 0.1) is 0 Å². The molecule has 1 N–H and O–H groups in total. The Morgan fingerprint density at radius 1 is 1.15 bits per heavy atom. The highest BCUT2D eigenvalue weighted by Crippen LogP contribution is 2.38. The molecule has 74 valence electrons. The maximum absolute atomic E-state index is 3.83. The second kappa shape index (κ2) is 2.96. The standard InChI is InChI=1S/C11H20N2/c1-2-8-13(7-1)9-11-5-3-10(12-11)4-6-11/h10,12H,1-9H2. The van der Waals surface area contributed by atoms with Crippen LogP contribution in [0.3, 0.4) is 0 Å². The molecule has 0 aliphatic carbocycles. The van der Waals surface area contributed by atoms with Crippen LogP contribution in [-0.4, -0.2) is 36.1 Å². The normalized spacial score (nSPS) is 44.8. The maximum Gasteiger partial charge on any atom is 0.0312 e. The summed E-state index contributed by atoms with van der Waals surface area (Å²) in [5.41, 5.74) is 0.551. The molecule has 13 heavy (non-hydrogen) atoms. The van der Waals surface area contributed by atoms with Gasteiger partial charge in [-0.2, -0.15) is 0 Å². The first-order chi connectivity index (χ1) is 6.36. The Bertz CT molecular complexity index is 188. The number of hydrogen-bond acceptors (Lipinski definition) is 2. The van der Waals surface area contributed by atoms with E-state index in [1.807, 2.05) is 0 Å². The van der Waals surface area contributed by atoms with Gasteiger partial charge in [0, 0.05) is 18.1 Å². The fraction of sp³-hybridized carbons (Fsp3) is 1.00. The highest BCUT2D eigenvalue weighted by Gasteiger charge is 2.44. The fourth-order valence-electron chi connectivity index (χ4n) is 3.46. The van der Waals surface area contributed by atoms with Gasteiger partial charge in [0.1, 0.15) is 0 Å². The lowest BCUT2D eigenvalue weighted by molar-refractivity contribution is 0.230. The van der Waals surface area contributed by atoms with E-state index in [2.05, 4.69) is 10.2 Å². The van der Waals surface area contributed by atoms with E-state index in [9.17, 15) is 0 Å². The van der Waals surface area contributed by atoms with Crippen LogP contribution in [0.5, 0.6) is 0 Å². The van der Waals surface area contributed by atoms with Gasteiger partial charge in [-0.05, 0) is 51.6 Å². The molecule has 3 aliphatic rings. The number of nitrogens with one attached hydrogen (secondary N) is 1. The molecule has 3 aliphatic heterocycles. The summed E-state index contributed by atoms with van der Waals surface area (Å²) in [6, 6.07) is 0.877. The van der Waals surface area contributed by atoms with Gasteiger partial charge in [0.2, 0.25) is 0 Å². The van der Waals surface area contributed by atoms with Crippen molar-refractivity contribution in [3.63, 3.8) is 0 Å². The minimum Gasteiger partial charge on any atom is -0.307 e. The summed E-state index contributed by atoms with van der Waals surface area (Å²) in [4.78, 5) is 2.67. The Balaban J connectivity index is 1.64. The highest BCUT2D eigenvalue weighted by atomic mass is 15.2. The Labute approximate surface area is 80.7 Å². The van der Waals surface area contributed by atoms with E-state index >= 15 is 0 Å². The second-order valence-corrected chi connectivity index (χ2v) is 5.18. The van der Waals surface area contributed by atoms with Gasteiger partial charge in [-0.3, -0.25) is 0 Å². The van der Waals surface area contributed by atoms with Crippen LogP contribution in [0.1, 0.15) is 38.5 Å². The summed E-state index contributed by atoms with van der Waals surface area (Å²) in [5, 5.41) is 3.83. The minimum atomic E-state index is 0.551. The van der Waals surface area contributed by atoms with Gasteiger partial charge in [0.15, 0.2) is 0 Å². The topological polar surface area (TPSA) is 15.3 Å². The van der Waals surface area contributed by atoms with Crippen LogP contribution in [0.4, 0.5) is 0 Å². The van der Waals surface area contributed by atoms with E-state index in [1.54, 1.807) is 0 Å². The molecule has 0 saturated carbocycles. The summed E-state index contributed by atoms with van der Waals surface area (Å²) in [5.74, 6) is 0. The first-order valence-corrected chi connectivity index (χ1v) is 5.86.